The van der Waals surface area contributed by atoms with Gasteiger partial charge in [-0.15, -0.1) is 0 Å². The SMILES string of the molecule is CC(=O)C(CCC#N)CCC#N. The molecule has 0 saturated heterocycles. The van der Waals surface area contributed by atoms with Gasteiger partial charge in [0.15, 0.2) is 0 Å². The number of Topliss-reactive ketones (excluding diaryl/α,β-unsaturated/α-hetero) is 1. The van der Waals surface area contributed by atoms with Crippen molar-refractivity contribution in [2.24, 2.45) is 5.92 Å². The van der Waals surface area contributed by atoms with Gasteiger partial charge in [0, 0.05) is 18.8 Å². The molecule has 3 heteroatoms. The van der Waals surface area contributed by atoms with Gasteiger partial charge in [-0.1, -0.05) is 0 Å². The van der Waals surface area contributed by atoms with Crippen LogP contribution in [0.2, 0.25) is 0 Å². The van der Waals surface area contributed by atoms with Crippen LogP contribution in [0.3, 0.4) is 0 Å². The number of rotatable bonds is 5. The van der Waals surface area contributed by atoms with E-state index >= 15 is 0 Å². The molecule has 0 aromatic heterocycles. The molecule has 0 heterocycles. The third-order valence-electron chi connectivity index (χ3n) is 1.78. The Hall–Kier alpha value is -1.35. The summed E-state index contributed by atoms with van der Waals surface area (Å²) in [5.74, 6) is -0.00944. The predicted molar refractivity (Wildman–Crippen MR) is 43.9 cm³/mol. The molecule has 0 amide bonds. The van der Waals surface area contributed by atoms with Gasteiger partial charge in [0.05, 0.1) is 12.1 Å². The molecule has 64 valence electrons. The summed E-state index contributed by atoms with van der Waals surface area (Å²) in [5.41, 5.74) is 0. The lowest BCUT2D eigenvalue weighted by atomic mass is 9.94. The molecule has 0 aliphatic rings. The second kappa shape index (κ2) is 6.37. The first kappa shape index (κ1) is 10.7. The lowest BCUT2D eigenvalue weighted by molar-refractivity contribution is -0.121. The van der Waals surface area contributed by atoms with Gasteiger partial charge in [0.1, 0.15) is 5.78 Å². The van der Waals surface area contributed by atoms with Crippen molar-refractivity contribution in [3.8, 4) is 12.1 Å². The third kappa shape index (κ3) is 4.46. The molecule has 12 heavy (non-hydrogen) atoms. The highest BCUT2D eigenvalue weighted by atomic mass is 16.1. The summed E-state index contributed by atoms with van der Waals surface area (Å²) in [6.45, 7) is 1.51. The second-order valence-corrected chi connectivity index (χ2v) is 2.70. The first-order valence-electron chi connectivity index (χ1n) is 3.96. The number of carbonyl (C=O) groups excluding carboxylic acids is 1. The zero-order valence-corrected chi connectivity index (χ0v) is 7.21. The Bertz CT molecular complexity index is 204. The number of carbonyl (C=O) groups is 1. The molecular weight excluding hydrogens is 152 g/mol. The standard InChI is InChI=1S/C9H12N2O/c1-8(12)9(4-2-6-10)5-3-7-11/h9H,2-5H2,1H3. The molecule has 0 unspecified atom stereocenters. The summed E-state index contributed by atoms with van der Waals surface area (Å²) < 4.78 is 0. The van der Waals surface area contributed by atoms with Crippen LogP contribution in [0.25, 0.3) is 0 Å². The summed E-state index contributed by atoms with van der Waals surface area (Å²) in [6, 6.07) is 3.99. The fraction of sp³-hybridized carbons (Fsp3) is 0.667. The van der Waals surface area contributed by atoms with Crippen molar-refractivity contribution in [2.45, 2.75) is 32.6 Å². The van der Waals surface area contributed by atoms with E-state index in [4.69, 9.17) is 10.5 Å². The number of hydrogen-bond acceptors (Lipinski definition) is 3. The number of hydrogen-bond donors (Lipinski definition) is 0. The maximum absolute atomic E-state index is 10.9. The summed E-state index contributed by atoms with van der Waals surface area (Å²) in [6.07, 6.45) is 1.98. The largest absolute Gasteiger partial charge is 0.300 e. The van der Waals surface area contributed by atoms with Gasteiger partial charge >= 0.3 is 0 Å². The first-order valence-corrected chi connectivity index (χ1v) is 3.96. The highest BCUT2D eigenvalue weighted by Crippen LogP contribution is 2.13. The Morgan fingerprint density at radius 3 is 1.92 bits per heavy atom. The van der Waals surface area contributed by atoms with Crippen molar-refractivity contribution in [3.63, 3.8) is 0 Å². The van der Waals surface area contributed by atoms with Crippen LogP contribution in [0.15, 0.2) is 0 Å². The molecule has 0 rings (SSSR count). The molecule has 0 aliphatic heterocycles. The van der Waals surface area contributed by atoms with Crippen LogP contribution in [0.4, 0.5) is 0 Å². The van der Waals surface area contributed by atoms with Gasteiger partial charge in [0.25, 0.3) is 0 Å². The molecular formula is C9H12N2O. The molecule has 0 aromatic carbocycles. The van der Waals surface area contributed by atoms with Crippen LogP contribution in [-0.4, -0.2) is 5.78 Å². The summed E-state index contributed by atoms with van der Waals surface area (Å²) >= 11 is 0. The summed E-state index contributed by atoms with van der Waals surface area (Å²) in [7, 11) is 0. The molecule has 0 aliphatic carbocycles. The quantitative estimate of drug-likeness (QED) is 0.622. The van der Waals surface area contributed by atoms with Crippen LogP contribution in [0.1, 0.15) is 32.6 Å². The van der Waals surface area contributed by atoms with Crippen LogP contribution < -0.4 is 0 Å². The van der Waals surface area contributed by atoms with E-state index in [1.807, 2.05) is 12.1 Å². The Kier molecular flexibility index (Phi) is 5.65. The van der Waals surface area contributed by atoms with E-state index in [0.29, 0.717) is 25.7 Å². The van der Waals surface area contributed by atoms with Gasteiger partial charge in [-0.25, -0.2) is 0 Å². The Labute approximate surface area is 72.6 Å². The molecule has 0 radical (unpaired) electrons. The van der Waals surface area contributed by atoms with E-state index in [2.05, 4.69) is 0 Å². The third-order valence-corrected chi connectivity index (χ3v) is 1.78. The monoisotopic (exact) mass is 164 g/mol. The van der Waals surface area contributed by atoms with E-state index in [-0.39, 0.29) is 11.7 Å². The average molecular weight is 164 g/mol. The van der Waals surface area contributed by atoms with Crippen molar-refractivity contribution in [2.75, 3.05) is 0 Å². The maximum atomic E-state index is 10.9. The smallest absolute Gasteiger partial charge is 0.132 e. The molecule has 3 nitrogen and oxygen atoms in total. The average Bonchev–Trinajstić information content (AvgIpc) is 2.04. The van der Waals surface area contributed by atoms with Gasteiger partial charge in [0.2, 0.25) is 0 Å². The number of ketones is 1. The van der Waals surface area contributed by atoms with E-state index in [9.17, 15) is 4.79 Å². The molecule has 0 atom stereocenters. The van der Waals surface area contributed by atoms with Crippen molar-refractivity contribution in [1.82, 2.24) is 0 Å². The fourth-order valence-electron chi connectivity index (χ4n) is 1.03. The van der Waals surface area contributed by atoms with Crippen molar-refractivity contribution < 1.29 is 4.79 Å². The minimum absolute atomic E-state index is 0.0838. The fourth-order valence-corrected chi connectivity index (χ4v) is 1.03. The van der Waals surface area contributed by atoms with Crippen LogP contribution in [0.5, 0.6) is 0 Å². The topological polar surface area (TPSA) is 64.7 Å². The van der Waals surface area contributed by atoms with Crippen LogP contribution in [0, 0.1) is 28.6 Å². The minimum Gasteiger partial charge on any atom is -0.300 e. The predicted octanol–water partition coefficient (Wildman–Crippen LogP) is 1.80. The van der Waals surface area contributed by atoms with Crippen molar-refractivity contribution in [3.05, 3.63) is 0 Å². The minimum atomic E-state index is -0.0932. The lowest BCUT2D eigenvalue weighted by Gasteiger charge is -2.08. The number of nitrogens with zero attached hydrogens (tertiary/aromatic N) is 2. The molecule has 0 N–H and O–H groups in total. The summed E-state index contributed by atoms with van der Waals surface area (Å²) in [5, 5.41) is 16.6. The Morgan fingerprint density at radius 1 is 1.25 bits per heavy atom. The van der Waals surface area contributed by atoms with Gasteiger partial charge < -0.3 is 0 Å². The zero-order chi connectivity index (χ0) is 9.40. The Morgan fingerprint density at radius 2 is 1.67 bits per heavy atom. The van der Waals surface area contributed by atoms with E-state index in [0.717, 1.165) is 0 Å². The van der Waals surface area contributed by atoms with Crippen molar-refractivity contribution in [1.29, 1.82) is 10.5 Å². The molecule has 0 saturated carbocycles. The molecule has 0 spiro atoms. The normalized spacial score (nSPS) is 9.00. The van der Waals surface area contributed by atoms with E-state index < -0.39 is 0 Å². The van der Waals surface area contributed by atoms with Gasteiger partial charge in [-0.05, 0) is 19.8 Å². The van der Waals surface area contributed by atoms with Crippen molar-refractivity contribution >= 4 is 5.78 Å². The molecule has 0 aromatic rings. The zero-order valence-electron chi connectivity index (χ0n) is 7.21. The van der Waals surface area contributed by atoms with E-state index in [1.165, 1.54) is 6.92 Å². The van der Waals surface area contributed by atoms with Gasteiger partial charge in [-0.2, -0.15) is 10.5 Å². The lowest BCUT2D eigenvalue weighted by Crippen LogP contribution is -2.10. The second-order valence-electron chi connectivity index (χ2n) is 2.70. The Balaban J connectivity index is 3.82. The highest BCUT2D eigenvalue weighted by molar-refractivity contribution is 5.78. The highest BCUT2D eigenvalue weighted by Gasteiger charge is 2.12. The first-order chi connectivity index (χ1) is 5.72. The summed E-state index contributed by atoms with van der Waals surface area (Å²) in [4.78, 5) is 10.9. The molecule has 0 fully saturated rings. The molecule has 0 bridgehead atoms. The van der Waals surface area contributed by atoms with E-state index in [1.54, 1.807) is 0 Å². The van der Waals surface area contributed by atoms with Gasteiger partial charge in [-0.3, -0.25) is 4.79 Å². The maximum Gasteiger partial charge on any atom is 0.132 e. The number of nitriles is 2. The van der Waals surface area contributed by atoms with Crippen LogP contribution in [-0.2, 0) is 4.79 Å². The van der Waals surface area contributed by atoms with Crippen LogP contribution >= 0.6 is 0 Å².